The molecule has 1 saturated heterocycles. The summed E-state index contributed by atoms with van der Waals surface area (Å²) in [5.41, 5.74) is 1.85. The van der Waals surface area contributed by atoms with Crippen LogP contribution in [0.25, 0.3) is 11.3 Å². The molecule has 0 aromatic carbocycles. The lowest BCUT2D eigenvalue weighted by atomic mass is 10.2. The fourth-order valence-electron chi connectivity index (χ4n) is 2.67. The van der Waals surface area contributed by atoms with E-state index in [-0.39, 0.29) is 12.2 Å². The summed E-state index contributed by atoms with van der Waals surface area (Å²) >= 11 is 3.52. The molecule has 0 amide bonds. The van der Waals surface area contributed by atoms with Gasteiger partial charge >= 0.3 is 0 Å². The van der Waals surface area contributed by atoms with Crippen LogP contribution in [0.5, 0.6) is 0 Å². The first-order valence-electron chi connectivity index (χ1n) is 7.02. The highest BCUT2D eigenvalue weighted by molar-refractivity contribution is 9.10. The Morgan fingerprint density at radius 2 is 2.00 bits per heavy atom. The number of aromatic nitrogens is 2. The Morgan fingerprint density at radius 3 is 2.62 bits per heavy atom. The predicted molar refractivity (Wildman–Crippen MR) is 84.4 cm³/mol. The topological polar surface area (TPSA) is 51.4 Å². The van der Waals surface area contributed by atoms with Gasteiger partial charge in [-0.15, -0.1) is 0 Å². The van der Waals surface area contributed by atoms with Gasteiger partial charge < -0.3 is 14.1 Å². The van der Waals surface area contributed by atoms with E-state index in [1.54, 1.807) is 12.5 Å². The van der Waals surface area contributed by atoms with Gasteiger partial charge in [-0.05, 0) is 42.8 Å². The van der Waals surface area contributed by atoms with Crippen LogP contribution in [-0.2, 0) is 4.74 Å². The molecule has 2 aromatic heterocycles. The quantitative estimate of drug-likeness (QED) is 0.829. The fraction of sp³-hybridized carbons (Fsp3) is 0.467. The van der Waals surface area contributed by atoms with Gasteiger partial charge in [0, 0.05) is 24.8 Å². The Balaban J connectivity index is 1.96. The van der Waals surface area contributed by atoms with Crippen LogP contribution >= 0.6 is 15.9 Å². The average molecular weight is 352 g/mol. The number of hydrogen-bond donors (Lipinski definition) is 0. The number of hydrogen-bond acceptors (Lipinski definition) is 5. The molecule has 2 unspecified atom stereocenters. The summed E-state index contributed by atoms with van der Waals surface area (Å²) in [6, 6.07) is 1.93. The van der Waals surface area contributed by atoms with E-state index < -0.39 is 0 Å². The molecule has 6 heteroatoms. The molecule has 0 bridgehead atoms. The van der Waals surface area contributed by atoms with Crippen molar-refractivity contribution in [2.75, 3.05) is 18.0 Å². The lowest BCUT2D eigenvalue weighted by Crippen LogP contribution is -2.46. The van der Waals surface area contributed by atoms with Crippen molar-refractivity contribution in [3.63, 3.8) is 0 Å². The maximum atomic E-state index is 5.76. The zero-order valence-electron chi connectivity index (χ0n) is 12.3. The second-order valence-corrected chi connectivity index (χ2v) is 6.27. The van der Waals surface area contributed by atoms with Crippen LogP contribution in [0.4, 0.5) is 5.95 Å². The third kappa shape index (κ3) is 2.96. The van der Waals surface area contributed by atoms with Crippen molar-refractivity contribution < 1.29 is 9.15 Å². The molecule has 3 rings (SSSR count). The molecule has 1 aliphatic rings. The van der Waals surface area contributed by atoms with Crippen LogP contribution in [0.1, 0.15) is 19.6 Å². The van der Waals surface area contributed by atoms with Gasteiger partial charge in [-0.25, -0.2) is 9.97 Å². The van der Waals surface area contributed by atoms with Gasteiger partial charge in [0.2, 0.25) is 5.95 Å². The first-order valence-corrected chi connectivity index (χ1v) is 7.81. The maximum absolute atomic E-state index is 5.76. The Kier molecular flexibility index (Phi) is 3.99. The molecule has 112 valence electrons. The summed E-state index contributed by atoms with van der Waals surface area (Å²) in [4.78, 5) is 11.3. The van der Waals surface area contributed by atoms with Gasteiger partial charge in [0.25, 0.3) is 0 Å². The highest BCUT2D eigenvalue weighted by atomic mass is 79.9. The number of morpholine rings is 1. The van der Waals surface area contributed by atoms with E-state index >= 15 is 0 Å². The molecule has 2 atom stereocenters. The van der Waals surface area contributed by atoms with Crippen molar-refractivity contribution >= 4 is 21.9 Å². The Bertz CT molecular complexity index is 634. The van der Waals surface area contributed by atoms with E-state index in [4.69, 9.17) is 14.1 Å². The SMILES string of the molecule is Cc1occc1-c1nc(N2CC(C)OC(C)C2)ncc1Br. The minimum Gasteiger partial charge on any atom is -0.469 e. The molecule has 0 N–H and O–H groups in total. The molecular weight excluding hydrogens is 334 g/mol. The van der Waals surface area contributed by atoms with Crippen LogP contribution in [0.15, 0.2) is 27.4 Å². The minimum absolute atomic E-state index is 0.181. The molecular formula is C15H18BrN3O2. The summed E-state index contributed by atoms with van der Waals surface area (Å²) < 4.78 is 12.0. The van der Waals surface area contributed by atoms with Crippen molar-refractivity contribution in [3.8, 4) is 11.3 Å². The second-order valence-electron chi connectivity index (χ2n) is 5.42. The number of anilines is 1. The van der Waals surface area contributed by atoms with Gasteiger partial charge in [0.15, 0.2) is 0 Å². The number of halogens is 1. The molecule has 2 aromatic rings. The summed E-state index contributed by atoms with van der Waals surface area (Å²) in [5, 5.41) is 0. The second kappa shape index (κ2) is 5.77. The zero-order valence-corrected chi connectivity index (χ0v) is 13.9. The molecule has 0 saturated carbocycles. The summed E-state index contributed by atoms with van der Waals surface area (Å²) in [5.74, 6) is 1.58. The monoisotopic (exact) mass is 351 g/mol. The minimum atomic E-state index is 0.181. The van der Waals surface area contributed by atoms with Crippen LogP contribution in [0, 0.1) is 6.92 Å². The largest absolute Gasteiger partial charge is 0.469 e. The first-order chi connectivity index (χ1) is 10.0. The van der Waals surface area contributed by atoms with E-state index in [0.29, 0.717) is 0 Å². The standard InChI is InChI=1S/C15H18BrN3O2/c1-9-7-19(8-10(2)21-9)15-17-6-13(16)14(18-15)12-4-5-20-11(12)3/h4-6,9-10H,7-8H2,1-3H3. The molecule has 1 fully saturated rings. The van der Waals surface area contributed by atoms with Gasteiger partial charge in [-0.2, -0.15) is 0 Å². The maximum Gasteiger partial charge on any atom is 0.226 e. The van der Waals surface area contributed by atoms with E-state index in [1.165, 1.54) is 0 Å². The molecule has 21 heavy (non-hydrogen) atoms. The summed E-state index contributed by atoms with van der Waals surface area (Å²) in [7, 11) is 0. The predicted octanol–water partition coefficient (Wildman–Crippen LogP) is 3.42. The normalized spacial score (nSPS) is 22.6. The van der Waals surface area contributed by atoms with E-state index in [2.05, 4.69) is 39.7 Å². The fourth-order valence-corrected chi connectivity index (χ4v) is 3.08. The third-order valence-corrected chi connectivity index (χ3v) is 4.13. The van der Waals surface area contributed by atoms with Crippen LogP contribution in [0.3, 0.4) is 0 Å². The highest BCUT2D eigenvalue weighted by Crippen LogP contribution is 2.30. The zero-order chi connectivity index (χ0) is 15.0. The number of furan rings is 1. The Labute approximate surface area is 132 Å². The van der Waals surface area contributed by atoms with Gasteiger partial charge in [-0.1, -0.05) is 0 Å². The van der Waals surface area contributed by atoms with Crippen molar-refractivity contribution in [2.45, 2.75) is 33.0 Å². The smallest absolute Gasteiger partial charge is 0.226 e. The molecule has 0 spiro atoms. The Hall–Kier alpha value is -1.40. The van der Waals surface area contributed by atoms with Gasteiger partial charge in [-0.3, -0.25) is 0 Å². The summed E-state index contributed by atoms with van der Waals surface area (Å²) in [6.45, 7) is 7.68. The van der Waals surface area contributed by atoms with Crippen molar-refractivity contribution in [1.29, 1.82) is 0 Å². The summed E-state index contributed by atoms with van der Waals surface area (Å²) in [6.07, 6.45) is 3.84. The first kappa shape index (κ1) is 14.5. The molecule has 5 nitrogen and oxygen atoms in total. The van der Waals surface area contributed by atoms with Gasteiger partial charge in [0.1, 0.15) is 5.76 Å². The van der Waals surface area contributed by atoms with E-state index in [9.17, 15) is 0 Å². The number of aryl methyl sites for hydroxylation is 1. The lowest BCUT2D eigenvalue weighted by molar-refractivity contribution is -0.00571. The Morgan fingerprint density at radius 1 is 1.29 bits per heavy atom. The lowest BCUT2D eigenvalue weighted by Gasteiger charge is -2.35. The highest BCUT2D eigenvalue weighted by Gasteiger charge is 2.25. The van der Waals surface area contributed by atoms with Crippen LogP contribution in [-0.4, -0.2) is 35.3 Å². The number of ether oxygens (including phenoxy) is 1. The third-order valence-electron chi connectivity index (χ3n) is 3.55. The van der Waals surface area contributed by atoms with Crippen LogP contribution < -0.4 is 4.90 Å². The number of nitrogens with zero attached hydrogens (tertiary/aromatic N) is 3. The van der Waals surface area contributed by atoms with Crippen LogP contribution in [0.2, 0.25) is 0 Å². The van der Waals surface area contributed by atoms with E-state index in [1.807, 2.05) is 13.0 Å². The van der Waals surface area contributed by atoms with E-state index in [0.717, 1.165) is 40.5 Å². The molecule has 0 radical (unpaired) electrons. The molecule has 0 aliphatic carbocycles. The number of rotatable bonds is 2. The van der Waals surface area contributed by atoms with Gasteiger partial charge in [0.05, 0.1) is 28.6 Å². The molecule has 1 aliphatic heterocycles. The van der Waals surface area contributed by atoms with Crippen molar-refractivity contribution in [1.82, 2.24) is 9.97 Å². The molecule has 3 heterocycles. The average Bonchev–Trinajstić information content (AvgIpc) is 2.84. The van der Waals surface area contributed by atoms with Crippen molar-refractivity contribution in [3.05, 3.63) is 28.8 Å². The van der Waals surface area contributed by atoms with Crippen molar-refractivity contribution in [2.24, 2.45) is 0 Å².